The van der Waals surface area contributed by atoms with Gasteiger partial charge in [-0.1, -0.05) is 158 Å². The van der Waals surface area contributed by atoms with Crippen LogP contribution in [0.25, 0.3) is 105 Å². The Morgan fingerprint density at radius 3 is 1.55 bits per heavy atom. The van der Waals surface area contributed by atoms with Crippen molar-refractivity contribution in [2.75, 3.05) is 0 Å². The molecule has 0 radical (unpaired) electrons. The van der Waals surface area contributed by atoms with Gasteiger partial charge in [0.05, 0.1) is 16.7 Å². The molecule has 55 heavy (non-hydrogen) atoms. The van der Waals surface area contributed by atoms with Gasteiger partial charge in [0.1, 0.15) is 5.82 Å². The highest BCUT2D eigenvalue weighted by Gasteiger charge is 2.18. The Morgan fingerprint density at radius 2 is 0.836 bits per heavy atom. The lowest BCUT2D eigenvalue weighted by atomic mass is 9.95. The molecule has 0 N–H and O–H groups in total. The van der Waals surface area contributed by atoms with Crippen LogP contribution in [-0.4, -0.2) is 14.5 Å². The topological polar surface area (TPSA) is 30.7 Å². The van der Waals surface area contributed by atoms with Crippen molar-refractivity contribution in [1.82, 2.24) is 14.5 Å². The van der Waals surface area contributed by atoms with Crippen LogP contribution in [0.3, 0.4) is 0 Å². The molecule has 3 heteroatoms. The fourth-order valence-electron chi connectivity index (χ4n) is 8.21. The zero-order valence-electron chi connectivity index (χ0n) is 29.9. The van der Waals surface area contributed by atoms with Gasteiger partial charge in [0.2, 0.25) is 0 Å². The Kier molecular flexibility index (Phi) is 7.17. The summed E-state index contributed by atoms with van der Waals surface area (Å²) in [6.45, 7) is 0. The molecule has 256 valence electrons. The SMILES string of the molecule is c1ccc(-c2cc(-n3c4ccccc4c4c5cc(-c6ccc7cc(-c8ccc9ccccc9c8)ccc7c6)ccc5ccc43)nc(-c3ccccc3)n2)cc1. The minimum Gasteiger partial charge on any atom is -0.294 e. The Morgan fingerprint density at radius 1 is 0.309 bits per heavy atom. The quantitative estimate of drug-likeness (QED) is 0.179. The second-order valence-electron chi connectivity index (χ2n) is 14.3. The summed E-state index contributed by atoms with van der Waals surface area (Å²) < 4.78 is 2.31. The van der Waals surface area contributed by atoms with Crippen LogP contribution in [0.4, 0.5) is 0 Å². The fourth-order valence-corrected chi connectivity index (χ4v) is 8.21. The van der Waals surface area contributed by atoms with Gasteiger partial charge in [0.25, 0.3) is 0 Å². The third-order valence-corrected chi connectivity index (χ3v) is 11.0. The van der Waals surface area contributed by atoms with Crippen molar-refractivity contribution < 1.29 is 0 Å². The summed E-state index contributed by atoms with van der Waals surface area (Å²) in [6.07, 6.45) is 0. The molecule has 0 bridgehead atoms. The molecule has 11 rings (SSSR count). The van der Waals surface area contributed by atoms with Crippen molar-refractivity contribution in [3.05, 3.63) is 200 Å². The average molecular weight is 700 g/mol. The molecular weight excluding hydrogens is 667 g/mol. The van der Waals surface area contributed by atoms with Crippen molar-refractivity contribution >= 4 is 54.1 Å². The number of benzene rings is 9. The number of aromatic nitrogens is 3. The van der Waals surface area contributed by atoms with E-state index in [4.69, 9.17) is 9.97 Å². The third-order valence-electron chi connectivity index (χ3n) is 11.0. The number of hydrogen-bond acceptors (Lipinski definition) is 2. The lowest BCUT2D eigenvalue weighted by Gasteiger charge is -2.12. The smallest absolute Gasteiger partial charge is 0.162 e. The summed E-state index contributed by atoms with van der Waals surface area (Å²) in [4.78, 5) is 10.3. The minimum atomic E-state index is 0.701. The van der Waals surface area contributed by atoms with E-state index in [0.717, 1.165) is 33.7 Å². The normalized spacial score (nSPS) is 11.6. The van der Waals surface area contributed by atoms with E-state index in [1.807, 2.05) is 24.3 Å². The maximum atomic E-state index is 5.24. The van der Waals surface area contributed by atoms with E-state index in [1.54, 1.807) is 0 Å². The van der Waals surface area contributed by atoms with Gasteiger partial charge in [-0.05, 0) is 91.0 Å². The predicted molar refractivity (Wildman–Crippen MR) is 231 cm³/mol. The van der Waals surface area contributed by atoms with Crippen molar-refractivity contribution in [3.63, 3.8) is 0 Å². The van der Waals surface area contributed by atoms with Crippen molar-refractivity contribution in [3.8, 4) is 50.7 Å². The van der Waals surface area contributed by atoms with Crippen LogP contribution < -0.4 is 0 Å². The fraction of sp³-hybridized carbons (Fsp3) is 0. The first-order valence-electron chi connectivity index (χ1n) is 18.7. The van der Waals surface area contributed by atoms with Crippen molar-refractivity contribution in [2.45, 2.75) is 0 Å². The first kappa shape index (κ1) is 31.2. The van der Waals surface area contributed by atoms with Crippen LogP contribution in [0.2, 0.25) is 0 Å². The zero-order valence-corrected chi connectivity index (χ0v) is 29.9. The van der Waals surface area contributed by atoms with E-state index < -0.39 is 0 Å². The highest BCUT2D eigenvalue weighted by atomic mass is 15.1. The molecule has 0 amide bonds. The summed E-state index contributed by atoms with van der Waals surface area (Å²) in [5.41, 5.74) is 10.0. The molecule has 3 nitrogen and oxygen atoms in total. The highest BCUT2D eigenvalue weighted by molar-refractivity contribution is 6.21. The first-order valence-corrected chi connectivity index (χ1v) is 18.7. The van der Waals surface area contributed by atoms with Crippen molar-refractivity contribution in [1.29, 1.82) is 0 Å². The molecule has 0 unspecified atom stereocenters. The van der Waals surface area contributed by atoms with Crippen LogP contribution in [0.1, 0.15) is 0 Å². The van der Waals surface area contributed by atoms with E-state index in [1.165, 1.54) is 65.3 Å². The molecule has 0 spiro atoms. The summed E-state index contributed by atoms with van der Waals surface area (Å²) in [6, 6.07) is 71.7. The Balaban J connectivity index is 1.06. The molecule has 0 atom stereocenters. The van der Waals surface area contributed by atoms with Gasteiger partial charge in [-0.15, -0.1) is 0 Å². The zero-order chi connectivity index (χ0) is 36.3. The van der Waals surface area contributed by atoms with Gasteiger partial charge in [0, 0.05) is 28.0 Å². The Bertz CT molecular complexity index is 3190. The highest BCUT2D eigenvalue weighted by Crippen LogP contribution is 2.39. The number of hydrogen-bond donors (Lipinski definition) is 0. The molecule has 11 aromatic rings. The molecule has 0 aliphatic rings. The Hall–Kier alpha value is -7.36. The van der Waals surface area contributed by atoms with E-state index in [2.05, 4.69) is 180 Å². The first-order chi connectivity index (χ1) is 27.2. The van der Waals surface area contributed by atoms with Gasteiger partial charge < -0.3 is 0 Å². The number of fused-ring (bicyclic) bond motifs is 7. The van der Waals surface area contributed by atoms with Gasteiger partial charge in [0.15, 0.2) is 5.82 Å². The van der Waals surface area contributed by atoms with E-state index in [-0.39, 0.29) is 0 Å². The van der Waals surface area contributed by atoms with Gasteiger partial charge in [-0.2, -0.15) is 0 Å². The number of rotatable bonds is 5. The lowest BCUT2D eigenvalue weighted by molar-refractivity contribution is 1.05. The van der Waals surface area contributed by atoms with Crippen LogP contribution in [0, 0.1) is 0 Å². The van der Waals surface area contributed by atoms with E-state index in [0.29, 0.717) is 5.82 Å². The molecule has 0 aliphatic carbocycles. The molecule has 0 aliphatic heterocycles. The summed E-state index contributed by atoms with van der Waals surface area (Å²) in [7, 11) is 0. The molecule has 0 fully saturated rings. The molecule has 2 aromatic heterocycles. The summed E-state index contributed by atoms with van der Waals surface area (Å²) in [5, 5.41) is 9.82. The van der Waals surface area contributed by atoms with Crippen LogP contribution in [0.5, 0.6) is 0 Å². The second kappa shape index (κ2) is 12.6. The summed E-state index contributed by atoms with van der Waals surface area (Å²) >= 11 is 0. The van der Waals surface area contributed by atoms with Crippen LogP contribution in [0.15, 0.2) is 200 Å². The molecular formula is C52H33N3. The molecule has 0 saturated carbocycles. The number of nitrogens with zero attached hydrogens (tertiary/aromatic N) is 3. The monoisotopic (exact) mass is 699 g/mol. The maximum absolute atomic E-state index is 5.24. The summed E-state index contributed by atoms with van der Waals surface area (Å²) in [5.74, 6) is 1.54. The van der Waals surface area contributed by atoms with E-state index in [9.17, 15) is 0 Å². The average Bonchev–Trinajstić information content (AvgIpc) is 3.61. The maximum Gasteiger partial charge on any atom is 0.162 e. The molecule has 2 heterocycles. The molecule has 9 aromatic carbocycles. The largest absolute Gasteiger partial charge is 0.294 e. The predicted octanol–water partition coefficient (Wildman–Crippen LogP) is 13.7. The van der Waals surface area contributed by atoms with Crippen LogP contribution >= 0.6 is 0 Å². The van der Waals surface area contributed by atoms with Gasteiger partial charge in [-0.25, -0.2) is 9.97 Å². The molecule has 0 saturated heterocycles. The second-order valence-corrected chi connectivity index (χ2v) is 14.3. The minimum absolute atomic E-state index is 0.701. The number of para-hydroxylation sites is 1. The van der Waals surface area contributed by atoms with Crippen molar-refractivity contribution in [2.24, 2.45) is 0 Å². The lowest BCUT2D eigenvalue weighted by Crippen LogP contribution is -2.02. The third kappa shape index (κ3) is 5.36. The van der Waals surface area contributed by atoms with Gasteiger partial charge >= 0.3 is 0 Å². The van der Waals surface area contributed by atoms with Gasteiger partial charge in [-0.3, -0.25) is 4.57 Å². The van der Waals surface area contributed by atoms with E-state index >= 15 is 0 Å². The Labute approximate surface area is 318 Å². The standard InChI is InChI=1S/C52H33N3/c1-3-12-36(13-4-1)47-33-50(54-52(53-47)37-14-5-2-6-15-37)55-48-18-10-9-17-45(48)51-46-32-44(22-20-35(46)27-28-49(51)55)43-26-25-41-30-40(23-24-42(41)31-43)39-21-19-34-11-7-8-16-38(34)29-39/h1-33H. The van der Waals surface area contributed by atoms with Crippen LogP contribution in [-0.2, 0) is 0 Å².